The zero-order valence-corrected chi connectivity index (χ0v) is 19.5. The smallest absolute Gasteiger partial charge is 0.410 e. The van der Waals surface area contributed by atoms with E-state index in [1.54, 1.807) is 19.1 Å². The highest BCUT2D eigenvalue weighted by molar-refractivity contribution is 7.91. The van der Waals surface area contributed by atoms with Crippen molar-refractivity contribution in [2.75, 3.05) is 24.2 Å². The second kappa shape index (κ2) is 9.70. The van der Waals surface area contributed by atoms with Crippen LogP contribution in [0.2, 0.25) is 0 Å². The summed E-state index contributed by atoms with van der Waals surface area (Å²) in [6.07, 6.45) is -0.314. The van der Waals surface area contributed by atoms with Gasteiger partial charge >= 0.3 is 6.09 Å². The minimum Gasteiger partial charge on any atom is -0.450 e. The maximum Gasteiger partial charge on any atom is 0.410 e. The molecule has 0 fully saturated rings. The molecule has 0 unspecified atom stereocenters. The van der Waals surface area contributed by atoms with E-state index in [1.165, 1.54) is 17.0 Å². The van der Waals surface area contributed by atoms with Gasteiger partial charge in [-0.05, 0) is 38.0 Å². The Morgan fingerprint density at radius 1 is 1.22 bits per heavy atom. The summed E-state index contributed by atoms with van der Waals surface area (Å²) in [6, 6.07) is 6.41. The number of nitrogens with one attached hydrogen (secondary N) is 1. The number of carbonyl (C=O) groups is 3. The molecule has 2 aromatic rings. The first-order valence-corrected chi connectivity index (χ1v) is 12.5. The minimum atomic E-state index is -3.62. The van der Waals surface area contributed by atoms with E-state index in [1.807, 2.05) is 6.92 Å². The zero-order chi connectivity index (χ0) is 23.5. The Morgan fingerprint density at radius 3 is 2.53 bits per heavy atom. The molecule has 2 heterocycles. The number of nitrogens with two attached hydrogens (primary N) is 1. The summed E-state index contributed by atoms with van der Waals surface area (Å²) >= 11 is 1.16. The number of ether oxygens (including phenoxy) is 1. The molecule has 1 aliphatic rings. The van der Waals surface area contributed by atoms with Gasteiger partial charge in [0.15, 0.2) is 9.84 Å². The Hall–Kier alpha value is -2.92. The summed E-state index contributed by atoms with van der Waals surface area (Å²) in [6.45, 7) is 4.44. The van der Waals surface area contributed by atoms with Gasteiger partial charge in [0.05, 0.1) is 29.4 Å². The molecule has 3 rings (SSSR count). The molecule has 0 saturated carbocycles. The van der Waals surface area contributed by atoms with Crippen LogP contribution in [0, 0.1) is 6.92 Å². The van der Waals surface area contributed by atoms with Crippen molar-refractivity contribution in [2.24, 2.45) is 5.73 Å². The van der Waals surface area contributed by atoms with Gasteiger partial charge in [-0.1, -0.05) is 17.7 Å². The second-order valence-electron chi connectivity index (χ2n) is 7.37. The Bertz CT molecular complexity index is 1140. The first-order valence-electron chi connectivity index (χ1n) is 10.1. The van der Waals surface area contributed by atoms with Crippen molar-refractivity contribution in [3.05, 3.63) is 45.8 Å². The molecule has 1 aliphatic heterocycles. The number of thiophene rings is 1. The predicted molar refractivity (Wildman–Crippen MR) is 120 cm³/mol. The van der Waals surface area contributed by atoms with Crippen LogP contribution >= 0.6 is 11.3 Å². The number of fused-ring (bicyclic) bond motifs is 1. The van der Waals surface area contributed by atoms with Crippen LogP contribution < -0.4 is 11.1 Å². The van der Waals surface area contributed by atoms with Crippen LogP contribution in [0.1, 0.15) is 39.7 Å². The van der Waals surface area contributed by atoms with Crippen LogP contribution in [0.15, 0.2) is 29.2 Å². The molecule has 1 aromatic carbocycles. The quantitative estimate of drug-likeness (QED) is 0.626. The number of aryl methyl sites for hydroxylation is 1. The van der Waals surface area contributed by atoms with E-state index in [0.29, 0.717) is 18.5 Å². The molecule has 11 heteroatoms. The molecule has 0 bridgehead atoms. The van der Waals surface area contributed by atoms with Gasteiger partial charge in [0.1, 0.15) is 5.00 Å². The number of rotatable bonds is 7. The van der Waals surface area contributed by atoms with E-state index < -0.39 is 27.7 Å². The summed E-state index contributed by atoms with van der Waals surface area (Å²) in [4.78, 5) is 39.0. The van der Waals surface area contributed by atoms with Crippen molar-refractivity contribution in [1.82, 2.24) is 4.90 Å². The molecule has 0 aliphatic carbocycles. The third-order valence-electron chi connectivity index (χ3n) is 5.06. The maximum atomic E-state index is 12.5. The molecular weight excluding hydrogens is 454 g/mol. The molecule has 0 saturated heterocycles. The van der Waals surface area contributed by atoms with Crippen LogP contribution in [-0.2, 0) is 32.3 Å². The number of benzene rings is 1. The van der Waals surface area contributed by atoms with Crippen LogP contribution in [0.3, 0.4) is 0 Å². The van der Waals surface area contributed by atoms with Crippen molar-refractivity contribution in [3.8, 4) is 0 Å². The molecule has 3 amide bonds. The van der Waals surface area contributed by atoms with Gasteiger partial charge in [-0.2, -0.15) is 0 Å². The number of carbonyl (C=O) groups excluding carboxylic acids is 3. The second-order valence-corrected chi connectivity index (χ2v) is 10.6. The standard InChI is InChI=1S/C21H25N3O6S2/c1-3-30-21(27)24-10-8-15-16(12-24)31-20(18(15)19(22)26)23-17(25)9-11-32(28,29)14-6-4-13(2)5-7-14/h4-7H,3,8-12H2,1-2H3,(H2,22,26)(H,23,25). The van der Waals surface area contributed by atoms with E-state index in [-0.39, 0.29) is 40.8 Å². The van der Waals surface area contributed by atoms with Crippen LogP contribution in [-0.4, -0.2) is 50.1 Å². The number of nitrogens with zero attached hydrogens (tertiary/aromatic N) is 1. The lowest BCUT2D eigenvalue weighted by atomic mass is 10.0. The lowest BCUT2D eigenvalue weighted by molar-refractivity contribution is -0.115. The lowest BCUT2D eigenvalue weighted by Crippen LogP contribution is -2.36. The van der Waals surface area contributed by atoms with Crippen molar-refractivity contribution < 1.29 is 27.5 Å². The number of primary amides is 1. The Labute approximate surface area is 190 Å². The fourth-order valence-corrected chi connectivity index (χ4v) is 5.93. The lowest BCUT2D eigenvalue weighted by Gasteiger charge is -2.26. The van der Waals surface area contributed by atoms with Gasteiger partial charge in [0.25, 0.3) is 5.91 Å². The molecule has 3 N–H and O–H groups in total. The molecule has 0 spiro atoms. The van der Waals surface area contributed by atoms with E-state index in [9.17, 15) is 22.8 Å². The highest BCUT2D eigenvalue weighted by Gasteiger charge is 2.30. The first-order chi connectivity index (χ1) is 15.1. The van der Waals surface area contributed by atoms with Crippen LogP contribution in [0.5, 0.6) is 0 Å². The van der Waals surface area contributed by atoms with Gasteiger partial charge in [-0.25, -0.2) is 13.2 Å². The Balaban J connectivity index is 1.72. The summed E-state index contributed by atoms with van der Waals surface area (Å²) in [5, 5.41) is 2.90. The zero-order valence-electron chi connectivity index (χ0n) is 17.8. The summed E-state index contributed by atoms with van der Waals surface area (Å²) in [5.41, 5.74) is 7.39. The fraction of sp³-hybridized carbons (Fsp3) is 0.381. The molecular formula is C21H25N3O6S2. The third kappa shape index (κ3) is 5.28. The molecule has 0 atom stereocenters. The first kappa shape index (κ1) is 23.7. The van der Waals surface area contributed by atoms with Crippen LogP contribution in [0.25, 0.3) is 0 Å². The summed E-state index contributed by atoms with van der Waals surface area (Å²) < 4.78 is 30.0. The molecule has 172 valence electrons. The number of amides is 3. The summed E-state index contributed by atoms with van der Waals surface area (Å²) in [7, 11) is -3.62. The molecule has 1 aromatic heterocycles. The van der Waals surface area contributed by atoms with E-state index >= 15 is 0 Å². The number of hydrogen-bond donors (Lipinski definition) is 2. The minimum absolute atomic E-state index is 0.152. The summed E-state index contributed by atoms with van der Waals surface area (Å²) in [5.74, 6) is -1.59. The van der Waals surface area contributed by atoms with Gasteiger partial charge in [0.2, 0.25) is 5.91 Å². The monoisotopic (exact) mass is 479 g/mol. The van der Waals surface area contributed by atoms with Crippen molar-refractivity contribution >= 4 is 44.1 Å². The highest BCUT2D eigenvalue weighted by atomic mass is 32.2. The van der Waals surface area contributed by atoms with Crippen molar-refractivity contribution in [2.45, 2.75) is 38.1 Å². The van der Waals surface area contributed by atoms with E-state index in [4.69, 9.17) is 10.5 Å². The fourth-order valence-electron chi connectivity index (χ4n) is 3.40. The van der Waals surface area contributed by atoms with Gasteiger partial charge < -0.3 is 20.7 Å². The van der Waals surface area contributed by atoms with Gasteiger partial charge in [-0.15, -0.1) is 11.3 Å². The van der Waals surface area contributed by atoms with Crippen LogP contribution in [0.4, 0.5) is 9.80 Å². The van der Waals surface area contributed by atoms with Crippen molar-refractivity contribution in [3.63, 3.8) is 0 Å². The number of anilines is 1. The number of sulfone groups is 1. The largest absolute Gasteiger partial charge is 0.450 e. The molecule has 9 nitrogen and oxygen atoms in total. The van der Waals surface area contributed by atoms with Gasteiger partial charge in [0, 0.05) is 17.8 Å². The molecule has 0 radical (unpaired) electrons. The third-order valence-corrected chi connectivity index (χ3v) is 7.92. The average molecular weight is 480 g/mol. The van der Waals surface area contributed by atoms with E-state index in [2.05, 4.69) is 5.32 Å². The average Bonchev–Trinajstić information content (AvgIpc) is 3.10. The highest BCUT2D eigenvalue weighted by Crippen LogP contribution is 2.37. The van der Waals surface area contributed by atoms with Crippen molar-refractivity contribution in [1.29, 1.82) is 0 Å². The number of hydrogen-bond acceptors (Lipinski definition) is 7. The topological polar surface area (TPSA) is 136 Å². The van der Waals surface area contributed by atoms with E-state index in [0.717, 1.165) is 21.8 Å². The van der Waals surface area contributed by atoms with Gasteiger partial charge in [-0.3, -0.25) is 9.59 Å². The Morgan fingerprint density at radius 2 is 1.91 bits per heavy atom. The SMILES string of the molecule is CCOC(=O)N1CCc2c(sc(NC(=O)CCS(=O)(=O)c3ccc(C)cc3)c2C(N)=O)C1. The normalized spacial score (nSPS) is 13.4. The predicted octanol–water partition coefficient (Wildman–Crippen LogP) is 2.47. The maximum absolute atomic E-state index is 12.5. The Kier molecular flexibility index (Phi) is 7.19. The molecule has 32 heavy (non-hydrogen) atoms.